The van der Waals surface area contributed by atoms with Crippen molar-refractivity contribution in [2.45, 2.75) is 210 Å². The Kier molecular flexibility index (Phi) is 15.3. The maximum atomic E-state index is 11.7. The number of rotatable bonds is 13. The second kappa shape index (κ2) is 19.3. The lowest BCUT2D eigenvalue weighted by atomic mass is 9.47. The fourth-order valence-electron chi connectivity index (χ4n) is 13.0. The first-order valence-corrected chi connectivity index (χ1v) is 23.2. The second-order valence-corrected chi connectivity index (χ2v) is 20.8. The first-order chi connectivity index (χ1) is 29.2. The molecule has 17 nitrogen and oxygen atoms in total. The van der Waals surface area contributed by atoms with E-state index in [2.05, 4.69) is 40.7 Å². The van der Waals surface area contributed by atoms with Crippen molar-refractivity contribution in [1.29, 1.82) is 0 Å². The summed E-state index contributed by atoms with van der Waals surface area (Å²) >= 11 is 0. The Labute approximate surface area is 364 Å². The summed E-state index contributed by atoms with van der Waals surface area (Å²) in [7, 11) is 0. The summed E-state index contributed by atoms with van der Waals surface area (Å²) in [4.78, 5) is 0. The van der Waals surface area contributed by atoms with Crippen LogP contribution < -0.4 is 0 Å². The number of aliphatic hydroxyl groups excluding tert-OH is 11. The molecule has 0 aromatic carbocycles. The Hall–Kier alpha value is -0.940. The maximum absolute atomic E-state index is 11.7. The van der Waals surface area contributed by atoms with Gasteiger partial charge in [0.1, 0.15) is 67.1 Å². The number of fused-ring (bicyclic) bond motifs is 5. The van der Waals surface area contributed by atoms with Crippen LogP contribution >= 0.6 is 0 Å². The third kappa shape index (κ3) is 8.96. The average molecular weight is 889 g/mol. The highest BCUT2D eigenvalue weighted by Crippen LogP contribution is 2.68. The average Bonchev–Trinajstić information content (AvgIpc) is 3.54. The van der Waals surface area contributed by atoms with Crippen molar-refractivity contribution >= 4 is 0 Å². The minimum Gasteiger partial charge on any atom is -0.394 e. The molecule has 6 fully saturated rings. The number of allylic oxidation sites excluding steroid dienone is 1. The normalized spacial score (nSPS) is 51.8. The summed E-state index contributed by atoms with van der Waals surface area (Å²) in [5.41, 5.74) is 0.900. The molecule has 0 unspecified atom stereocenters. The van der Waals surface area contributed by atoms with Gasteiger partial charge in [-0.25, -0.2) is 0 Å². The van der Waals surface area contributed by atoms with Gasteiger partial charge in [-0.3, -0.25) is 0 Å². The molecule has 3 saturated heterocycles. The molecule has 3 aliphatic heterocycles. The van der Waals surface area contributed by atoms with E-state index in [9.17, 15) is 56.2 Å². The van der Waals surface area contributed by atoms with E-state index in [0.717, 1.165) is 32.1 Å². The van der Waals surface area contributed by atoms with Crippen LogP contribution in [0.4, 0.5) is 0 Å². The highest BCUT2D eigenvalue weighted by molar-refractivity contribution is 5.26. The van der Waals surface area contributed by atoms with Gasteiger partial charge in [0.15, 0.2) is 18.9 Å². The minimum absolute atomic E-state index is 0.0985. The molecule has 7 aliphatic rings. The molecule has 0 radical (unpaired) electrons. The van der Waals surface area contributed by atoms with E-state index in [1.165, 1.54) is 12.5 Å². The van der Waals surface area contributed by atoms with Gasteiger partial charge in [0, 0.05) is 0 Å². The summed E-state index contributed by atoms with van der Waals surface area (Å²) in [6, 6.07) is 0. The zero-order valence-corrected chi connectivity index (χ0v) is 37.1. The van der Waals surface area contributed by atoms with E-state index in [4.69, 9.17) is 28.4 Å². The Balaban J connectivity index is 1.05. The van der Waals surface area contributed by atoms with Crippen LogP contribution in [0.1, 0.15) is 99.3 Å². The number of aliphatic hydroxyl groups is 11. The second-order valence-electron chi connectivity index (χ2n) is 20.8. The van der Waals surface area contributed by atoms with Crippen molar-refractivity contribution in [2.75, 3.05) is 13.2 Å². The van der Waals surface area contributed by atoms with Crippen molar-refractivity contribution in [2.24, 2.45) is 46.3 Å². The van der Waals surface area contributed by atoms with Crippen LogP contribution in [0.2, 0.25) is 0 Å². The molecule has 0 bridgehead atoms. The van der Waals surface area contributed by atoms with E-state index >= 15 is 0 Å². The molecule has 0 aromatic rings. The van der Waals surface area contributed by atoms with Gasteiger partial charge in [-0.05, 0) is 111 Å². The van der Waals surface area contributed by atoms with Crippen LogP contribution in [0.3, 0.4) is 0 Å². The lowest BCUT2D eigenvalue weighted by molar-refractivity contribution is -0.360. The predicted molar refractivity (Wildman–Crippen MR) is 218 cm³/mol. The Morgan fingerprint density at radius 3 is 1.97 bits per heavy atom. The topological polar surface area (TPSA) is 278 Å². The van der Waals surface area contributed by atoms with Gasteiger partial charge in [-0.2, -0.15) is 0 Å². The number of ether oxygens (including phenoxy) is 6. The maximum Gasteiger partial charge on any atom is 0.187 e. The molecular weight excluding hydrogens is 812 g/mol. The van der Waals surface area contributed by atoms with E-state index in [1.54, 1.807) is 0 Å². The van der Waals surface area contributed by atoms with Gasteiger partial charge in [-0.1, -0.05) is 46.3 Å². The molecule has 7 rings (SSSR count). The molecule has 3 saturated carbocycles. The summed E-state index contributed by atoms with van der Waals surface area (Å²) < 4.78 is 36.2. The number of hydrogen-bond acceptors (Lipinski definition) is 17. The van der Waals surface area contributed by atoms with Crippen LogP contribution in [-0.4, -0.2) is 180 Å². The Morgan fingerprint density at radius 1 is 0.694 bits per heavy atom. The van der Waals surface area contributed by atoms with E-state index < -0.39 is 118 Å². The van der Waals surface area contributed by atoms with E-state index in [0.29, 0.717) is 43.4 Å². The lowest BCUT2D eigenvalue weighted by Crippen LogP contribution is -2.64. The fraction of sp³-hybridized carbons (Fsp3) is 0.956. The summed E-state index contributed by atoms with van der Waals surface area (Å²) in [5.74, 6) is 1.03. The van der Waals surface area contributed by atoms with E-state index in [1.807, 2.05) is 0 Å². The monoisotopic (exact) mass is 889 g/mol. The molecule has 0 spiro atoms. The first-order valence-electron chi connectivity index (χ1n) is 23.2. The predicted octanol–water partition coefficient (Wildman–Crippen LogP) is -0.169. The summed E-state index contributed by atoms with van der Waals surface area (Å²) in [6.07, 6.45) is -13.1. The smallest absolute Gasteiger partial charge is 0.187 e. The molecule has 17 heteroatoms. The van der Waals surface area contributed by atoms with Gasteiger partial charge in [0.25, 0.3) is 0 Å². The molecular formula is C45H76O17. The highest BCUT2D eigenvalue weighted by atomic mass is 16.7. The van der Waals surface area contributed by atoms with Crippen molar-refractivity contribution in [1.82, 2.24) is 0 Å². The van der Waals surface area contributed by atoms with Crippen LogP contribution in [0.25, 0.3) is 0 Å². The quantitative estimate of drug-likeness (QED) is 0.107. The third-order valence-electron chi connectivity index (χ3n) is 16.8. The van der Waals surface area contributed by atoms with Crippen LogP contribution in [-0.2, 0) is 28.4 Å². The van der Waals surface area contributed by atoms with Crippen LogP contribution in [0.5, 0.6) is 0 Å². The van der Waals surface area contributed by atoms with Crippen molar-refractivity contribution in [3.63, 3.8) is 0 Å². The Morgan fingerprint density at radius 2 is 1.31 bits per heavy atom. The molecule has 62 heavy (non-hydrogen) atoms. The fourth-order valence-corrected chi connectivity index (χ4v) is 13.0. The van der Waals surface area contributed by atoms with Gasteiger partial charge in [0.05, 0.1) is 37.6 Å². The van der Waals surface area contributed by atoms with Gasteiger partial charge >= 0.3 is 0 Å². The number of hydrogen-bond donors (Lipinski definition) is 11. The van der Waals surface area contributed by atoms with Crippen molar-refractivity contribution in [3.8, 4) is 0 Å². The molecule has 0 aromatic heterocycles. The minimum atomic E-state index is -1.66. The zero-order valence-electron chi connectivity index (χ0n) is 37.1. The summed E-state index contributed by atoms with van der Waals surface area (Å²) in [5, 5.41) is 117. The third-order valence-corrected chi connectivity index (χ3v) is 16.8. The molecule has 0 amide bonds. The van der Waals surface area contributed by atoms with Gasteiger partial charge < -0.3 is 84.6 Å². The Bertz CT molecular complexity index is 1520. The molecule has 358 valence electrons. The standard InChI is InChI=1S/C45H76O17/c1-19(2)7-10-27(48)20(3)31-28(59-43-38(55)35(52)33(50)29(17-46)60-43)16-26-24-9-8-22-15-23(11-13-44(22,5)25(24)12-14-45(26,31)6)58-42-39(56)36(53)40(30(18-47)61-42)62-41-37(54)34(51)32(49)21(4)57-41/h8,19-21,23-43,46-56H,7,9-18H2,1-6H3/t20-,21+,23+,24-,25+,26+,27+,28+,29+,30-,31+,32+,33+,34-,35-,36-,37-,38+,39-,40-,41+,42-,43+,44+,45+/m1/s1. The van der Waals surface area contributed by atoms with Crippen molar-refractivity contribution in [3.05, 3.63) is 11.6 Å². The molecule has 11 N–H and O–H groups in total. The highest BCUT2D eigenvalue weighted by Gasteiger charge is 2.64. The van der Waals surface area contributed by atoms with Gasteiger partial charge in [-0.15, -0.1) is 0 Å². The first kappa shape index (κ1) is 49.0. The SMILES string of the molecule is CC(C)CC[C@H](O)[C@@H](C)[C@H]1[C@@H](O[C@H]2O[C@@H](CO)[C@H](O)[C@@H](O)[C@@H]2O)C[C@H]2[C@@H]3CC=C4C[C@@H](O[C@@H]5O[C@H](CO)[C@@H](O[C@@H]6O[C@@H](C)[C@H](O)[C@@H](O)[C@H]6O)[C@H](O)[C@H]5O)CC[C@]4(C)[C@H]3CC[C@]12C. The van der Waals surface area contributed by atoms with Crippen molar-refractivity contribution < 1.29 is 84.6 Å². The van der Waals surface area contributed by atoms with E-state index in [-0.39, 0.29) is 34.7 Å². The summed E-state index contributed by atoms with van der Waals surface area (Å²) in [6.45, 7) is 11.4. The van der Waals surface area contributed by atoms with Crippen LogP contribution in [0, 0.1) is 46.3 Å². The zero-order chi connectivity index (χ0) is 45.2. The molecule has 25 atom stereocenters. The molecule has 3 heterocycles. The van der Waals surface area contributed by atoms with Gasteiger partial charge in [0.2, 0.25) is 0 Å². The largest absolute Gasteiger partial charge is 0.394 e. The van der Waals surface area contributed by atoms with Crippen LogP contribution in [0.15, 0.2) is 11.6 Å². The molecule has 4 aliphatic carbocycles. The lowest BCUT2D eigenvalue weighted by Gasteiger charge is -2.58.